The number of hydrogen-bond acceptors (Lipinski definition) is 5. The summed E-state index contributed by atoms with van der Waals surface area (Å²) in [5.41, 5.74) is 3.75. The Balaban J connectivity index is 1.34. The number of nitrogens with zero attached hydrogens (tertiary/aromatic N) is 3. The molecule has 0 bridgehead atoms. The van der Waals surface area contributed by atoms with Crippen LogP contribution >= 0.6 is 11.3 Å². The molecule has 0 spiro atoms. The fourth-order valence-electron chi connectivity index (χ4n) is 3.95. The number of rotatable bonds is 6. The number of sulfonamides is 1. The van der Waals surface area contributed by atoms with Gasteiger partial charge in [0.05, 0.1) is 22.0 Å². The van der Waals surface area contributed by atoms with Gasteiger partial charge < -0.3 is 4.90 Å². The van der Waals surface area contributed by atoms with E-state index in [0.29, 0.717) is 31.1 Å². The first-order valence-electron chi connectivity index (χ1n) is 10.7. The van der Waals surface area contributed by atoms with Gasteiger partial charge in [0, 0.05) is 38.0 Å². The first-order valence-corrected chi connectivity index (χ1v) is 13.0. The zero-order valence-electron chi connectivity index (χ0n) is 18.3. The number of amides is 1. The molecule has 168 valence electrons. The van der Waals surface area contributed by atoms with Gasteiger partial charge >= 0.3 is 0 Å². The molecule has 4 rings (SSSR count). The van der Waals surface area contributed by atoms with E-state index < -0.39 is 10.0 Å². The lowest BCUT2D eigenvalue weighted by Gasteiger charge is -2.34. The van der Waals surface area contributed by atoms with Crippen molar-refractivity contribution in [2.75, 3.05) is 26.2 Å². The molecule has 0 saturated carbocycles. The highest BCUT2D eigenvalue weighted by Crippen LogP contribution is 2.22. The average molecular weight is 470 g/mol. The number of aryl methyl sites for hydroxylation is 2. The van der Waals surface area contributed by atoms with Crippen LogP contribution in [0.15, 0.2) is 58.8 Å². The predicted octanol–water partition coefficient (Wildman–Crippen LogP) is 3.43. The van der Waals surface area contributed by atoms with E-state index in [1.807, 2.05) is 49.6 Å². The Bertz CT molecular complexity index is 1200. The summed E-state index contributed by atoms with van der Waals surface area (Å²) in [6, 6.07) is 15.5. The Morgan fingerprint density at radius 3 is 2.44 bits per heavy atom. The van der Waals surface area contributed by atoms with Crippen molar-refractivity contribution in [1.29, 1.82) is 0 Å². The van der Waals surface area contributed by atoms with Crippen molar-refractivity contribution in [3.8, 4) is 0 Å². The minimum Gasteiger partial charge on any atom is -0.340 e. The van der Waals surface area contributed by atoms with Gasteiger partial charge in [0.15, 0.2) is 0 Å². The molecule has 6 nitrogen and oxygen atoms in total. The molecule has 1 amide bonds. The Kier molecular flexibility index (Phi) is 6.74. The van der Waals surface area contributed by atoms with Gasteiger partial charge in [0.1, 0.15) is 0 Å². The van der Waals surface area contributed by atoms with Crippen LogP contribution < -0.4 is 0 Å². The van der Waals surface area contributed by atoms with Gasteiger partial charge in [-0.3, -0.25) is 4.79 Å². The molecule has 0 unspecified atom stereocenters. The van der Waals surface area contributed by atoms with E-state index in [2.05, 4.69) is 17.1 Å². The van der Waals surface area contributed by atoms with Gasteiger partial charge in [-0.2, -0.15) is 4.31 Å². The van der Waals surface area contributed by atoms with Crippen molar-refractivity contribution in [2.24, 2.45) is 0 Å². The van der Waals surface area contributed by atoms with Crippen molar-refractivity contribution >= 4 is 27.3 Å². The number of carbonyl (C=O) groups is 1. The maximum Gasteiger partial charge on any atom is 0.243 e. The van der Waals surface area contributed by atoms with E-state index in [-0.39, 0.29) is 12.3 Å². The van der Waals surface area contributed by atoms with Crippen LogP contribution in [0.5, 0.6) is 0 Å². The summed E-state index contributed by atoms with van der Waals surface area (Å²) in [4.78, 5) is 19.5. The lowest BCUT2D eigenvalue weighted by atomic mass is 10.2. The fraction of sp³-hybridized carbons (Fsp3) is 0.333. The van der Waals surface area contributed by atoms with Crippen LogP contribution in [0.4, 0.5) is 0 Å². The van der Waals surface area contributed by atoms with E-state index >= 15 is 0 Å². The van der Waals surface area contributed by atoms with Gasteiger partial charge in [-0.25, -0.2) is 13.4 Å². The van der Waals surface area contributed by atoms with Crippen LogP contribution in [0.1, 0.15) is 27.4 Å². The summed E-state index contributed by atoms with van der Waals surface area (Å²) in [7, 11) is -3.56. The summed E-state index contributed by atoms with van der Waals surface area (Å²) in [5.74, 6) is -0.00914. The molecule has 3 aromatic rings. The van der Waals surface area contributed by atoms with Crippen LogP contribution in [0, 0.1) is 13.8 Å². The number of carbonyl (C=O) groups excluding carboxylic acids is 1. The first-order chi connectivity index (χ1) is 15.3. The van der Waals surface area contributed by atoms with Crippen LogP contribution in [0.25, 0.3) is 0 Å². The molecule has 0 aliphatic carbocycles. The molecule has 1 aliphatic rings. The van der Waals surface area contributed by atoms with Crippen molar-refractivity contribution in [3.63, 3.8) is 0 Å². The molecule has 2 aromatic carbocycles. The second kappa shape index (κ2) is 9.52. The number of thiazole rings is 1. The normalized spacial score (nSPS) is 15.1. The van der Waals surface area contributed by atoms with Crippen molar-refractivity contribution in [1.82, 2.24) is 14.2 Å². The second-order valence-electron chi connectivity index (χ2n) is 8.13. The van der Waals surface area contributed by atoms with E-state index in [1.165, 1.54) is 9.87 Å². The SMILES string of the molecule is Cc1ccc(S(=O)(=O)N2CCN(C(=O)Cc3csc(Cc4ccccc4)n3)CC2)c(C)c1. The molecule has 1 aromatic heterocycles. The standard InChI is InChI=1S/C24H27N3O3S2/c1-18-8-9-22(19(2)14-18)32(29,30)27-12-10-26(11-13-27)24(28)16-21-17-31-23(25-21)15-20-6-4-3-5-7-20/h3-9,14,17H,10-13,15-16H2,1-2H3. The van der Waals surface area contributed by atoms with Crippen molar-refractivity contribution in [3.05, 3.63) is 81.3 Å². The van der Waals surface area contributed by atoms with E-state index in [9.17, 15) is 13.2 Å². The molecule has 2 heterocycles. The number of benzene rings is 2. The van der Waals surface area contributed by atoms with Crippen molar-refractivity contribution < 1.29 is 13.2 Å². The molecule has 1 fully saturated rings. The lowest BCUT2D eigenvalue weighted by Crippen LogP contribution is -2.51. The summed E-state index contributed by atoms with van der Waals surface area (Å²) >= 11 is 1.57. The third kappa shape index (κ3) is 5.09. The van der Waals surface area contributed by atoms with Crippen LogP contribution in [0.3, 0.4) is 0 Å². The minimum absolute atomic E-state index is 0.00914. The maximum atomic E-state index is 13.1. The van der Waals surface area contributed by atoms with Gasteiger partial charge in [-0.15, -0.1) is 11.3 Å². The highest BCUT2D eigenvalue weighted by Gasteiger charge is 2.31. The highest BCUT2D eigenvalue weighted by atomic mass is 32.2. The first kappa shape index (κ1) is 22.6. The maximum absolute atomic E-state index is 13.1. The largest absolute Gasteiger partial charge is 0.340 e. The Morgan fingerprint density at radius 2 is 1.75 bits per heavy atom. The zero-order chi connectivity index (χ0) is 22.7. The Labute approximate surface area is 193 Å². The number of aromatic nitrogens is 1. The summed E-state index contributed by atoms with van der Waals surface area (Å²) < 4.78 is 27.6. The van der Waals surface area contributed by atoms with Gasteiger partial charge in [-0.05, 0) is 31.0 Å². The Morgan fingerprint density at radius 1 is 1.03 bits per heavy atom. The minimum atomic E-state index is -3.56. The van der Waals surface area contributed by atoms with Crippen molar-refractivity contribution in [2.45, 2.75) is 31.6 Å². The monoisotopic (exact) mass is 469 g/mol. The van der Waals surface area contributed by atoms with E-state index in [4.69, 9.17) is 0 Å². The number of hydrogen-bond donors (Lipinski definition) is 0. The fourth-order valence-corrected chi connectivity index (χ4v) is 6.41. The molecule has 0 atom stereocenters. The van der Waals surface area contributed by atoms with E-state index in [0.717, 1.165) is 28.2 Å². The van der Waals surface area contributed by atoms with E-state index in [1.54, 1.807) is 22.3 Å². The predicted molar refractivity (Wildman–Crippen MR) is 126 cm³/mol. The molecular formula is C24H27N3O3S2. The number of piperazine rings is 1. The topological polar surface area (TPSA) is 70.6 Å². The molecule has 1 aliphatic heterocycles. The summed E-state index contributed by atoms with van der Waals surface area (Å²) in [5, 5.41) is 2.93. The van der Waals surface area contributed by atoms with Crippen LogP contribution in [-0.4, -0.2) is 54.7 Å². The lowest BCUT2D eigenvalue weighted by molar-refractivity contribution is -0.131. The third-order valence-corrected chi connectivity index (χ3v) is 8.63. The van der Waals surface area contributed by atoms with Crippen LogP contribution in [0.2, 0.25) is 0 Å². The molecule has 8 heteroatoms. The van der Waals surface area contributed by atoms with Crippen LogP contribution in [-0.2, 0) is 27.7 Å². The smallest absolute Gasteiger partial charge is 0.243 e. The highest BCUT2D eigenvalue weighted by molar-refractivity contribution is 7.89. The summed E-state index contributed by atoms with van der Waals surface area (Å²) in [6.07, 6.45) is 1.00. The molecule has 1 saturated heterocycles. The molecule has 32 heavy (non-hydrogen) atoms. The Hall–Kier alpha value is -2.55. The zero-order valence-corrected chi connectivity index (χ0v) is 20.0. The summed E-state index contributed by atoms with van der Waals surface area (Å²) in [6.45, 7) is 5.16. The molecular weight excluding hydrogens is 442 g/mol. The quantitative estimate of drug-likeness (QED) is 0.555. The van der Waals surface area contributed by atoms with Gasteiger partial charge in [0.2, 0.25) is 15.9 Å². The average Bonchev–Trinajstić information content (AvgIpc) is 3.21. The van der Waals surface area contributed by atoms with Gasteiger partial charge in [-0.1, -0.05) is 48.0 Å². The van der Waals surface area contributed by atoms with Gasteiger partial charge in [0.25, 0.3) is 0 Å². The molecule has 0 radical (unpaired) electrons. The molecule has 0 N–H and O–H groups in total. The second-order valence-corrected chi connectivity index (χ2v) is 11.0. The third-order valence-electron chi connectivity index (χ3n) is 5.67.